The summed E-state index contributed by atoms with van der Waals surface area (Å²) in [6, 6.07) is 18.0. The van der Waals surface area contributed by atoms with Gasteiger partial charge >= 0.3 is 5.97 Å². The van der Waals surface area contributed by atoms with E-state index in [4.69, 9.17) is 4.74 Å². The van der Waals surface area contributed by atoms with Crippen molar-refractivity contribution in [2.75, 3.05) is 0 Å². The third-order valence-electron chi connectivity index (χ3n) is 4.25. The van der Waals surface area contributed by atoms with E-state index < -0.39 is 5.97 Å². The molecule has 0 unspecified atom stereocenters. The standard InChI is InChI=1S/C21H17N5O3/c27-21(28)19-6-2-1-5-17(19)13-26-24-20(23-25-26)16-7-9-18(10-8-16)29-14-15-4-3-11-22-12-15/h1-12H,13-14H2,(H,27,28). The molecule has 0 aliphatic carbocycles. The molecule has 0 aliphatic rings. The molecule has 29 heavy (non-hydrogen) atoms. The van der Waals surface area contributed by atoms with Gasteiger partial charge in [-0.25, -0.2) is 4.79 Å². The van der Waals surface area contributed by atoms with E-state index in [1.807, 2.05) is 36.4 Å². The summed E-state index contributed by atoms with van der Waals surface area (Å²) < 4.78 is 5.75. The van der Waals surface area contributed by atoms with Crippen LogP contribution in [0, 0.1) is 0 Å². The topological polar surface area (TPSA) is 103 Å². The maximum Gasteiger partial charge on any atom is 0.336 e. The Bertz CT molecular complexity index is 1110. The summed E-state index contributed by atoms with van der Waals surface area (Å²) in [5.41, 5.74) is 2.61. The van der Waals surface area contributed by atoms with E-state index in [0.717, 1.165) is 16.9 Å². The Morgan fingerprint density at radius 2 is 1.86 bits per heavy atom. The number of hydrogen-bond donors (Lipinski definition) is 1. The van der Waals surface area contributed by atoms with Gasteiger partial charge in [-0.05, 0) is 47.2 Å². The second kappa shape index (κ2) is 8.30. The van der Waals surface area contributed by atoms with Crippen LogP contribution in [-0.4, -0.2) is 36.3 Å². The minimum atomic E-state index is -0.984. The number of carboxylic acid groups (broad SMARTS) is 1. The first-order valence-corrected chi connectivity index (χ1v) is 8.90. The lowest BCUT2D eigenvalue weighted by Crippen LogP contribution is -2.09. The summed E-state index contributed by atoms with van der Waals surface area (Å²) in [7, 11) is 0. The molecular weight excluding hydrogens is 370 g/mol. The number of rotatable bonds is 7. The molecule has 8 heteroatoms. The fraction of sp³-hybridized carbons (Fsp3) is 0.0952. The number of pyridine rings is 1. The Kier molecular flexibility index (Phi) is 5.24. The van der Waals surface area contributed by atoms with E-state index >= 15 is 0 Å². The van der Waals surface area contributed by atoms with Crippen LogP contribution in [0.3, 0.4) is 0 Å². The third kappa shape index (κ3) is 4.44. The molecule has 2 aromatic carbocycles. The molecule has 4 rings (SSSR count). The molecule has 2 heterocycles. The van der Waals surface area contributed by atoms with Gasteiger partial charge in [0.25, 0.3) is 0 Å². The first-order valence-electron chi connectivity index (χ1n) is 8.90. The van der Waals surface area contributed by atoms with Crippen LogP contribution >= 0.6 is 0 Å². The second-order valence-corrected chi connectivity index (χ2v) is 6.28. The van der Waals surface area contributed by atoms with Crippen LogP contribution in [0.5, 0.6) is 5.75 Å². The van der Waals surface area contributed by atoms with Crippen LogP contribution in [0.25, 0.3) is 11.4 Å². The smallest absolute Gasteiger partial charge is 0.336 e. The van der Waals surface area contributed by atoms with Crippen molar-refractivity contribution in [3.05, 3.63) is 89.7 Å². The van der Waals surface area contributed by atoms with Crippen LogP contribution in [0.4, 0.5) is 0 Å². The van der Waals surface area contributed by atoms with Gasteiger partial charge in [0.15, 0.2) is 0 Å². The van der Waals surface area contributed by atoms with Crippen molar-refractivity contribution in [1.29, 1.82) is 0 Å². The third-order valence-corrected chi connectivity index (χ3v) is 4.25. The van der Waals surface area contributed by atoms with Crippen molar-refractivity contribution in [3.8, 4) is 17.1 Å². The molecule has 0 aliphatic heterocycles. The number of hydrogen-bond acceptors (Lipinski definition) is 6. The lowest BCUT2D eigenvalue weighted by atomic mass is 10.1. The van der Waals surface area contributed by atoms with E-state index in [2.05, 4.69) is 20.4 Å². The van der Waals surface area contributed by atoms with Gasteiger partial charge in [0.1, 0.15) is 12.4 Å². The Balaban J connectivity index is 1.44. The van der Waals surface area contributed by atoms with E-state index in [0.29, 0.717) is 18.0 Å². The molecule has 0 atom stereocenters. The molecule has 0 amide bonds. The fourth-order valence-electron chi connectivity index (χ4n) is 2.80. The predicted molar refractivity (Wildman–Crippen MR) is 104 cm³/mol. The number of carboxylic acids is 1. The molecule has 0 fully saturated rings. The Hall–Kier alpha value is -4.07. The highest BCUT2D eigenvalue weighted by atomic mass is 16.5. The Morgan fingerprint density at radius 1 is 1.03 bits per heavy atom. The van der Waals surface area contributed by atoms with Crippen molar-refractivity contribution in [1.82, 2.24) is 25.2 Å². The molecule has 0 radical (unpaired) electrons. The van der Waals surface area contributed by atoms with Gasteiger partial charge in [-0.3, -0.25) is 4.98 Å². The predicted octanol–water partition coefficient (Wildman–Crippen LogP) is 3.06. The Labute approximate surface area is 166 Å². The van der Waals surface area contributed by atoms with Gasteiger partial charge < -0.3 is 9.84 Å². The molecule has 4 aromatic rings. The highest BCUT2D eigenvalue weighted by Crippen LogP contribution is 2.20. The molecular formula is C21H17N5O3. The van der Waals surface area contributed by atoms with Gasteiger partial charge in [0.05, 0.1) is 12.1 Å². The highest BCUT2D eigenvalue weighted by Gasteiger charge is 2.12. The number of aromatic carboxylic acids is 1. The number of ether oxygens (including phenoxy) is 1. The van der Waals surface area contributed by atoms with Crippen molar-refractivity contribution in [3.63, 3.8) is 0 Å². The van der Waals surface area contributed by atoms with E-state index in [-0.39, 0.29) is 12.1 Å². The molecule has 0 bridgehead atoms. The molecule has 0 saturated carbocycles. The number of nitrogens with zero attached hydrogens (tertiary/aromatic N) is 5. The lowest BCUT2D eigenvalue weighted by Gasteiger charge is -2.06. The second-order valence-electron chi connectivity index (χ2n) is 6.28. The molecule has 0 saturated heterocycles. The maximum atomic E-state index is 11.3. The fourth-order valence-corrected chi connectivity index (χ4v) is 2.80. The van der Waals surface area contributed by atoms with Crippen LogP contribution in [0.1, 0.15) is 21.5 Å². The maximum absolute atomic E-state index is 11.3. The first kappa shape index (κ1) is 18.3. The average Bonchev–Trinajstić information content (AvgIpc) is 3.22. The van der Waals surface area contributed by atoms with Crippen LogP contribution in [0.2, 0.25) is 0 Å². The minimum absolute atomic E-state index is 0.224. The van der Waals surface area contributed by atoms with Crippen molar-refractivity contribution in [2.24, 2.45) is 0 Å². The van der Waals surface area contributed by atoms with E-state index in [1.54, 1.807) is 36.7 Å². The average molecular weight is 387 g/mol. The van der Waals surface area contributed by atoms with Gasteiger partial charge in [0.2, 0.25) is 5.82 Å². The number of aromatic nitrogens is 5. The molecule has 2 aromatic heterocycles. The highest BCUT2D eigenvalue weighted by molar-refractivity contribution is 5.89. The molecule has 0 spiro atoms. The quantitative estimate of drug-likeness (QED) is 0.520. The Morgan fingerprint density at radius 3 is 2.62 bits per heavy atom. The van der Waals surface area contributed by atoms with Crippen LogP contribution in [0.15, 0.2) is 73.1 Å². The summed E-state index contributed by atoms with van der Waals surface area (Å²) in [6.07, 6.45) is 3.48. The van der Waals surface area contributed by atoms with Crippen LogP contribution in [-0.2, 0) is 13.2 Å². The largest absolute Gasteiger partial charge is 0.489 e. The van der Waals surface area contributed by atoms with Gasteiger partial charge in [0, 0.05) is 23.5 Å². The van der Waals surface area contributed by atoms with Gasteiger partial charge in [-0.2, -0.15) is 4.80 Å². The van der Waals surface area contributed by atoms with E-state index in [1.165, 1.54) is 4.80 Å². The lowest BCUT2D eigenvalue weighted by molar-refractivity contribution is 0.0695. The summed E-state index contributed by atoms with van der Waals surface area (Å²) in [5, 5.41) is 21.7. The zero-order chi connectivity index (χ0) is 20.1. The summed E-state index contributed by atoms with van der Waals surface area (Å²) in [6.45, 7) is 0.659. The number of tetrazole rings is 1. The summed E-state index contributed by atoms with van der Waals surface area (Å²) in [5.74, 6) is 0.194. The van der Waals surface area contributed by atoms with Gasteiger partial charge in [-0.1, -0.05) is 24.3 Å². The monoisotopic (exact) mass is 387 g/mol. The number of benzene rings is 2. The van der Waals surface area contributed by atoms with Crippen molar-refractivity contribution < 1.29 is 14.6 Å². The normalized spacial score (nSPS) is 10.6. The molecule has 1 N–H and O–H groups in total. The van der Waals surface area contributed by atoms with Gasteiger partial charge in [-0.15, -0.1) is 10.2 Å². The minimum Gasteiger partial charge on any atom is -0.489 e. The van der Waals surface area contributed by atoms with E-state index in [9.17, 15) is 9.90 Å². The molecule has 144 valence electrons. The SMILES string of the molecule is O=C(O)c1ccccc1Cn1nnc(-c2ccc(OCc3cccnc3)cc2)n1. The first-order chi connectivity index (χ1) is 14.2. The zero-order valence-corrected chi connectivity index (χ0v) is 15.3. The zero-order valence-electron chi connectivity index (χ0n) is 15.3. The van der Waals surface area contributed by atoms with Crippen molar-refractivity contribution in [2.45, 2.75) is 13.2 Å². The molecule has 8 nitrogen and oxygen atoms in total. The van der Waals surface area contributed by atoms with Crippen molar-refractivity contribution >= 4 is 5.97 Å². The summed E-state index contributed by atoms with van der Waals surface area (Å²) in [4.78, 5) is 16.8. The van der Waals surface area contributed by atoms with Crippen LogP contribution < -0.4 is 4.74 Å². The summed E-state index contributed by atoms with van der Waals surface area (Å²) >= 11 is 0. The number of carbonyl (C=O) groups is 1.